The second-order valence-electron chi connectivity index (χ2n) is 3.35. The van der Waals surface area contributed by atoms with Gasteiger partial charge in [-0.1, -0.05) is 22.0 Å². The van der Waals surface area contributed by atoms with E-state index >= 15 is 0 Å². The van der Waals surface area contributed by atoms with Crippen molar-refractivity contribution in [3.8, 4) is 6.07 Å². The number of alkyl halides is 1. The Balaban J connectivity index is 3.14. The summed E-state index contributed by atoms with van der Waals surface area (Å²) in [5, 5.41) is 37.2. The monoisotopic (exact) mass is 285 g/mol. The van der Waals surface area contributed by atoms with Crippen molar-refractivity contribution in [3.05, 3.63) is 34.9 Å². The second kappa shape index (κ2) is 5.97. The summed E-state index contributed by atoms with van der Waals surface area (Å²) in [4.78, 5) is 0. The molecule has 86 valence electrons. The normalized spacial score (nSPS) is 14.2. The molecule has 0 aromatic heterocycles. The topological polar surface area (TPSA) is 84.5 Å². The molecule has 4 nitrogen and oxygen atoms in total. The Bertz CT molecular complexity index is 403. The predicted octanol–water partition coefficient (Wildman–Crippen LogP) is 0.840. The molecule has 1 aromatic rings. The van der Waals surface area contributed by atoms with Gasteiger partial charge in [0, 0.05) is 5.33 Å². The van der Waals surface area contributed by atoms with Crippen LogP contribution in [0.3, 0.4) is 0 Å². The zero-order chi connectivity index (χ0) is 12.1. The summed E-state index contributed by atoms with van der Waals surface area (Å²) in [6.07, 6.45) is -2.43. The highest BCUT2D eigenvalue weighted by Gasteiger charge is 2.20. The van der Waals surface area contributed by atoms with Crippen LogP contribution < -0.4 is 0 Å². The quantitative estimate of drug-likeness (QED) is 0.716. The van der Waals surface area contributed by atoms with Crippen LogP contribution in [-0.4, -0.2) is 28.0 Å². The summed E-state index contributed by atoms with van der Waals surface area (Å²) in [6, 6.07) is 6.82. The Kier molecular flexibility index (Phi) is 4.90. The second-order valence-corrected chi connectivity index (χ2v) is 3.91. The molecular weight excluding hydrogens is 274 g/mol. The molecule has 0 fully saturated rings. The summed E-state index contributed by atoms with van der Waals surface area (Å²) in [7, 11) is 0. The van der Waals surface area contributed by atoms with Gasteiger partial charge in [0.15, 0.2) is 0 Å². The van der Waals surface area contributed by atoms with Gasteiger partial charge in [-0.3, -0.25) is 0 Å². The Morgan fingerprint density at radius 3 is 2.56 bits per heavy atom. The van der Waals surface area contributed by atoms with Crippen LogP contribution >= 0.6 is 15.9 Å². The number of aliphatic hydroxyl groups excluding tert-OH is 3. The van der Waals surface area contributed by atoms with Crippen molar-refractivity contribution in [2.45, 2.75) is 17.5 Å². The molecule has 0 amide bonds. The molecule has 1 aromatic carbocycles. The lowest BCUT2D eigenvalue weighted by atomic mass is 9.97. The molecule has 0 aliphatic rings. The first-order chi connectivity index (χ1) is 7.63. The third kappa shape index (κ3) is 2.80. The van der Waals surface area contributed by atoms with Gasteiger partial charge in [-0.2, -0.15) is 5.26 Å². The van der Waals surface area contributed by atoms with Crippen LogP contribution in [0.2, 0.25) is 0 Å². The highest BCUT2D eigenvalue weighted by molar-refractivity contribution is 9.08. The zero-order valence-electron chi connectivity index (χ0n) is 8.47. The average molecular weight is 286 g/mol. The molecule has 0 radical (unpaired) electrons. The largest absolute Gasteiger partial charge is 0.394 e. The Hall–Kier alpha value is -0.930. The van der Waals surface area contributed by atoms with Crippen molar-refractivity contribution < 1.29 is 15.3 Å². The van der Waals surface area contributed by atoms with Gasteiger partial charge in [-0.05, 0) is 23.3 Å². The summed E-state index contributed by atoms with van der Waals surface area (Å²) in [5.41, 5.74) is 1.64. The number of nitriles is 1. The van der Waals surface area contributed by atoms with E-state index in [0.29, 0.717) is 16.5 Å². The van der Waals surface area contributed by atoms with Gasteiger partial charge in [-0.15, -0.1) is 0 Å². The van der Waals surface area contributed by atoms with Crippen LogP contribution in [0.1, 0.15) is 22.8 Å². The number of hydrogen-bond acceptors (Lipinski definition) is 4. The van der Waals surface area contributed by atoms with E-state index in [1.54, 1.807) is 12.1 Å². The van der Waals surface area contributed by atoms with E-state index in [1.807, 2.05) is 6.07 Å². The van der Waals surface area contributed by atoms with Crippen LogP contribution in [0.5, 0.6) is 0 Å². The van der Waals surface area contributed by atoms with Gasteiger partial charge in [-0.25, -0.2) is 0 Å². The van der Waals surface area contributed by atoms with E-state index in [1.165, 1.54) is 6.07 Å². The van der Waals surface area contributed by atoms with Crippen LogP contribution in [0.4, 0.5) is 0 Å². The minimum Gasteiger partial charge on any atom is -0.394 e. The maximum atomic E-state index is 9.78. The Labute approximate surface area is 102 Å². The van der Waals surface area contributed by atoms with Crippen molar-refractivity contribution in [2.75, 3.05) is 6.61 Å². The first-order valence-electron chi connectivity index (χ1n) is 4.70. The lowest BCUT2D eigenvalue weighted by Gasteiger charge is -2.18. The minimum absolute atomic E-state index is 0.406. The van der Waals surface area contributed by atoms with Crippen LogP contribution in [0.15, 0.2) is 18.2 Å². The highest BCUT2D eigenvalue weighted by atomic mass is 79.9. The van der Waals surface area contributed by atoms with Crippen molar-refractivity contribution in [1.29, 1.82) is 5.26 Å². The molecule has 5 heteroatoms. The fourth-order valence-electron chi connectivity index (χ4n) is 1.37. The van der Waals surface area contributed by atoms with Crippen molar-refractivity contribution in [3.63, 3.8) is 0 Å². The van der Waals surface area contributed by atoms with Crippen molar-refractivity contribution >= 4 is 15.9 Å². The predicted molar refractivity (Wildman–Crippen MR) is 61.8 cm³/mol. The van der Waals surface area contributed by atoms with Crippen LogP contribution in [0, 0.1) is 11.3 Å². The molecule has 0 bridgehead atoms. The number of halogens is 1. The number of aliphatic hydroxyl groups is 3. The lowest BCUT2D eigenvalue weighted by molar-refractivity contribution is -0.0155. The maximum absolute atomic E-state index is 9.78. The first-order valence-corrected chi connectivity index (χ1v) is 5.82. The van der Waals surface area contributed by atoms with Crippen molar-refractivity contribution in [2.24, 2.45) is 0 Å². The highest BCUT2D eigenvalue weighted by Crippen LogP contribution is 2.24. The lowest BCUT2D eigenvalue weighted by Crippen LogP contribution is -2.23. The molecule has 0 saturated heterocycles. The molecule has 0 saturated carbocycles. The molecule has 2 unspecified atom stereocenters. The zero-order valence-corrected chi connectivity index (χ0v) is 10.1. The molecule has 2 atom stereocenters. The van der Waals surface area contributed by atoms with Crippen molar-refractivity contribution in [1.82, 2.24) is 0 Å². The molecule has 0 aliphatic heterocycles. The van der Waals surface area contributed by atoms with E-state index in [-0.39, 0.29) is 0 Å². The fraction of sp³-hybridized carbons (Fsp3) is 0.364. The Morgan fingerprint density at radius 2 is 2.06 bits per heavy atom. The number of rotatable bonds is 4. The minimum atomic E-state index is -1.24. The third-order valence-corrected chi connectivity index (χ3v) is 2.89. The SMILES string of the molecule is N#Cc1ccc(CBr)c(C(O)C(O)CO)c1. The number of nitrogens with zero attached hydrogens (tertiary/aromatic N) is 1. The average Bonchev–Trinajstić information content (AvgIpc) is 2.35. The summed E-state index contributed by atoms with van der Waals surface area (Å²) in [5.74, 6) is 0. The van der Waals surface area contributed by atoms with Gasteiger partial charge in [0.05, 0.1) is 18.2 Å². The summed E-state index contributed by atoms with van der Waals surface area (Å²) in [6.45, 7) is -0.528. The van der Waals surface area contributed by atoms with Gasteiger partial charge in [0.2, 0.25) is 0 Å². The summed E-state index contributed by atoms with van der Waals surface area (Å²) >= 11 is 3.26. The van der Waals surface area contributed by atoms with Gasteiger partial charge in [0.1, 0.15) is 12.2 Å². The van der Waals surface area contributed by atoms with E-state index in [2.05, 4.69) is 15.9 Å². The molecule has 0 spiro atoms. The molecule has 0 aliphatic carbocycles. The maximum Gasteiger partial charge on any atom is 0.107 e. The van der Waals surface area contributed by atoms with E-state index in [0.717, 1.165) is 5.56 Å². The Morgan fingerprint density at radius 1 is 1.38 bits per heavy atom. The fourth-order valence-corrected chi connectivity index (χ4v) is 1.88. The number of hydrogen-bond donors (Lipinski definition) is 3. The smallest absolute Gasteiger partial charge is 0.107 e. The third-order valence-electron chi connectivity index (χ3n) is 2.29. The van der Waals surface area contributed by atoms with Gasteiger partial charge < -0.3 is 15.3 Å². The molecule has 3 N–H and O–H groups in total. The van der Waals surface area contributed by atoms with Crippen LogP contribution in [0.25, 0.3) is 0 Å². The molecular formula is C11H12BrNO3. The van der Waals surface area contributed by atoms with Gasteiger partial charge >= 0.3 is 0 Å². The molecule has 1 rings (SSSR count). The van der Waals surface area contributed by atoms with E-state index < -0.39 is 18.8 Å². The van der Waals surface area contributed by atoms with E-state index in [9.17, 15) is 10.2 Å². The van der Waals surface area contributed by atoms with Gasteiger partial charge in [0.25, 0.3) is 0 Å². The van der Waals surface area contributed by atoms with E-state index in [4.69, 9.17) is 10.4 Å². The molecule has 0 heterocycles. The molecule has 16 heavy (non-hydrogen) atoms. The number of benzene rings is 1. The standard InChI is InChI=1S/C11H12BrNO3/c12-4-8-2-1-7(5-13)3-9(8)11(16)10(15)6-14/h1-3,10-11,14-16H,4,6H2. The van der Waals surface area contributed by atoms with Crippen LogP contribution in [-0.2, 0) is 5.33 Å². The first kappa shape index (κ1) is 13.1. The summed E-state index contributed by atoms with van der Waals surface area (Å²) < 4.78 is 0.